The molecular formula is C23H30NO5S+. The Balaban J connectivity index is 1.60. The number of aromatic hydroxyl groups is 1. The Morgan fingerprint density at radius 3 is 2.57 bits per heavy atom. The maximum atomic E-state index is 9.37. The second kappa shape index (κ2) is 10.8. The Labute approximate surface area is 182 Å². The van der Waals surface area contributed by atoms with Gasteiger partial charge in [-0.1, -0.05) is 29.7 Å². The molecule has 3 rings (SSSR count). The molecule has 0 saturated carbocycles. The Bertz CT molecular complexity index is 855. The fourth-order valence-electron chi connectivity index (χ4n) is 4.10. The van der Waals surface area contributed by atoms with E-state index < -0.39 is 0 Å². The molecule has 2 aromatic carbocycles. The van der Waals surface area contributed by atoms with Crippen LogP contribution in [0.5, 0.6) is 11.5 Å². The van der Waals surface area contributed by atoms with E-state index >= 15 is 0 Å². The predicted molar refractivity (Wildman–Crippen MR) is 119 cm³/mol. The van der Waals surface area contributed by atoms with Crippen molar-refractivity contribution in [2.75, 3.05) is 18.9 Å². The van der Waals surface area contributed by atoms with Gasteiger partial charge in [0, 0.05) is 42.8 Å². The van der Waals surface area contributed by atoms with Gasteiger partial charge in [-0.05, 0) is 44.0 Å². The van der Waals surface area contributed by atoms with Crippen molar-refractivity contribution in [3.8, 4) is 11.5 Å². The minimum Gasteiger partial charge on any atom is -0.508 e. The van der Waals surface area contributed by atoms with Crippen molar-refractivity contribution in [1.82, 2.24) is 0 Å². The van der Waals surface area contributed by atoms with E-state index in [1.54, 1.807) is 24.3 Å². The minimum atomic E-state index is 0.00735. The van der Waals surface area contributed by atoms with Crippen molar-refractivity contribution in [1.29, 1.82) is 0 Å². The topological polar surface area (TPSA) is 71.2 Å². The average Bonchev–Trinajstić information content (AvgIpc) is 2.97. The van der Waals surface area contributed by atoms with Gasteiger partial charge in [-0.25, -0.2) is 5.26 Å². The van der Waals surface area contributed by atoms with Gasteiger partial charge >= 0.3 is 0 Å². The maximum Gasteiger partial charge on any atom is 0.209 e. The van der Waals surface area contributed by atoms with E-state index in [4.69, 9.17) is 9.99 Å². The second-order valence-corrected chi connectivity index (χ2v) is 8.48. The van der Waals surface area contributed by atoms with Crippen LogP contribution in [0.3, 0.4) is 0 Å². The Kier molecular flexibility index (Phi) is 8.16. The normalized spacial score (nSPS) is 18.0. The lowest BCUT2D eigenvalue weighted by molar-refractivity contribution is -0.440. The van der Waals surface area contributed by atoms with E-state index in [0.29, 0.717) is 6.61 Å². The molecule has 0 aliphatic carbocycles. The number of hydrogen-bond acceptors (Lipinski definition) is 6. The van der Waals surface area contributed by atoms with Gasteiger partial charge in [-0.15, -0.1) is 4.33 Å². The summed E-state index contributed by atoms with van der Waals surface area (Å²) in [5.74, 6) is 1.79. The zero-order valence-electron chi connectivity index (χ0n) is 17.5. The molecule has 0 fully saturated rings. The van der Waals surface area contributed by atoms with E-state index in [9.17, 15) is 5.11 Å². The van der Waals surface area contributed by atoms with Crippen LogP contribution in [0.1, 0.15) is 45.1 Å². The van der Waals surface area contributed by atoms with Gasteiger partial charge in [-0.2, -0.15) is 4.58 Å². The number of nitrogens with zero attached hydrogens (tertiary/aromatic N) is 1. The number of phenols is 1. The van der Waals surface area contributed by atoms with Gasteiger partial charge < -0.3 is 9.84 Å². The molecule has 0 radical (unpaired) electrons. The summed E-state index contributed by atoms with van der Waals surface area (Å²) in [6.45, 7) is 6.08. The molecule has 0 bridgehead atoms. The first-order valence-corrected chi connectivity index (χ1v) is 11.2. The first-order valence-electron chi connectivity index (χ1n) is 10.3. The fourth-order valence-corrected chi connectivity index (χ4v) is 4.54. The second-order valence-electron chi connectivity index (χ2n) is 7.70. The molecule has 7 heteroatoms. The molecule has 1 heterocycles. The van der Waals surface area contributed by atoms with E-state index in [1.807, 2.05) is 0 Å². The molecule has 2 N–H and O–H groups in total. The van der Waals surface area contributed by atoms with Gasteiger partial charge in [0.1, 0.15) is 11.5 Å². The van der Waals surface area contributed by atoms with Gasteiger partial charge in [0.25, 0.3) is 0 Å². The monoisotopic (exact) mass is 432 g/mol. The molecule has 0 saturated heterocycles. The molecule has 0 aromatic heterocycles. The van der Waals surface area contributed by atoms with Crippen molar-refractivity contribution < 1.29 is 29.0 Å². The number of fused-ring (bicyclic) bond motifs is 1. The number of rotatable bonds is 12. The average molecular weight is 433 g/mol. The zero-order valence-corrected chi connectivity index (χ0v) is 18.4. The Morgan fingerprint density at radius 2 is 1.80 bits per heavy atom. The third-order valence-corrected chi connectivity index (χ3v) is 6.47. The summed E-state index contributed by atoms with van der Waals surface area (Å²) >= 11 is 1.12. The number of unbranched alkanes of at least 4 members (excludes halogenated alkanes) is 1. The van der Waals surface area contributed by atoms with Crippen LogP contribution in [0.4, 0.5) is 5.69 Å². The lowest BCUT2D eigenvalue weighted by atomic mass is 9.76. The Morgan fingerprint density at radius 1 is 1.03 bits per heavy atom. The van der Waals surface area contributed by atoms with Crippen LogP contribution in [0.25, 0.3) is 0 Å². The summed E-state index contributed by atoms with van der Waals surface area (Å²) in [6.07, 6.45) is 4.00. The van der Waals surface area contributed by atoms with Crippen LogP contribution in [0.15, 0.2) is 48.5 Å². The van der Waals surface area contributed by atoms with Crippen LogP contribution in [0.2, 0.25) is 0 Å². The number of ether oxygens (including phenoxy) is 1. The molecule has 30 heavy (non-hydrogen) atoms. The highest BCUT2D eigenvalue weighted by Gasteiger charge is 2.45. The number of benzene rings is 2. The summed E-state index contributed by atoms with van der Waals surface area (Å²) in [6, 6.07) is 15.5. The fraction of sp³-hybridized carbons (Fsp3) is 0.435. The van der Waals surface area contributed by atoms with Crippen molar-refractivity contribution >= 4 is 23.4 Å². The standard InChI is InChI=1S/C23H29NO5S/c1-18-23(2,14-5-6-17-30-29-28-26)21-8-3-4-9-22(21)24(18)15-7-16-27-20-12-10-19(25)11-13-20/h3-4,8-13H,5-7,14-17H2,1-2H3,(H-,25,26)/p+1. The molecule has 0 amide bonds. The number of para-hydroxylation sites is 1. The lowest BCUT2D eigenvalue weighted by Gasteiger charge is -2.22. The van der Waals surface area contributed by atoms with Crippen molar-refractivity contribution in [2.45, 2.75) is 44.9 Å². The molecule has 1 unspecified atom stereocenters. The third-order valence-electron chi connectivity index (χ3n) is 5.86. The molecule has 2 aromatic rings. The molecule has 6 nitrogen and oxygen atoms in total. The summed E-state index contributed by atoms with van der Waals surface area (Å²) in [5.41, 5.74) is 4.04. The molecule has 1 aliphatic heterocycles. The molecule has 1 aliphatic rings. The lowest BCUT2D eigenvalue weighted by Crippen LogP contribution is -2.30. The summed E-state index contributed by atoms with van der Waals surface area (Å²) in [5, 5.41) is 21.2. The highest BCUT2D eigenvalue weighted by Crippen LogP contribution is 2.42. The highest BCUT2D eigenvalue weighted by molar-refractivity contribution is 7.94. The zero-order chi connectivity index (χ0) is 21.4. The summed E-state index contributed by atoms with van der Waals surface area (Å²) in [4.78, 5) is 0. The molecule has 162 valence electrons. The molecular weight excluding hydrogens is 402 g/mol. The van der Waals surface area contributed by atoms with Gasteiger partial charge in [0.2, 0.25) is 5.69 Å². The van der Waals surface area contributed by atoms with Crippen molar-refractivity contribution in [2.24, 2.45) is 0 Å². The third kappa shape index (κ3) is 5.35. The number of hydrogen-bond donors (Lipinski definition) is 2. The van der Waals surface area contributed by atoms with Gasteiger partial charge in [0.05, 0.1) is 12.0 Å². The van der Waals surface area contributed by atoms with E-state index in [-0.39, 0.29) is 11.2 Å². The summed E-state index contributed by atoms with van der Waals surface area (Å²) in [7, 11) is 0. The van der Waals surface area contributed by atoms with E-state index in [1.165, 1.54) is 17.0 Å². The summed E-state index contributed by atoms with van der Waals surface area (Å²) < 4.78 is 12.7. The SMILES string of the molecule is CC1=[N+](CCCOc2ccc(O)cc2)c2ccccc2C1(C)CCCCSOOO. The maximum absolute atomic E-state index is 9.37. The highest BCUT2D eigenvalue weighted by atomic mass is 32.2. The quantitative estimate of drug-likeness (QED) is 0.152. The smallest absolute Gasteiger partial charge is 0.209 e. The molecule has 1 atom stereocenters. The van der Waals surface area contributed by atoms with Gasteiger partial charge in [-0.3, -0.25) is 0 Å². The van der Waals surface area contributed by atoms with E-state index in [2.05, 4.69) is 52.1 Å². The van der Waals surface area contributed by atoms with Crippen molar-refractivity contribution in [3.05, 3.63) is 54.1 Å². The first-order chi connectivity index (χ1) is 14.6. The van der Waals surface area contributed by atoms with Crippen LogP contribution < -0.4 is 4.74 Å². The predicted octanol–water partition coefficient (Wildman–Crippen LogP) is 5.48. The van der Waals surface area contributed by atoms with Crippen LogP contribution in [0, 0.1) is 0 Å². The van der Waals surface area contributed by atoms with Gasteiger partial charge in [0.15, 0.2) is 12.3 Å². The van der Waals surface area contributed by atoms with Crippen LogP contribution >= 0.6 is 12.0 Å². The Hall–Kier alpha value is -2.06. The largest absolute Gasteiger partial charge is 0.508 e. The van der Waals surface area contributed by atoms with Crippen LogP contribution in [-0.4, -0.2) is 39.6 Å². The van der Waals surface area contributed by atoms with E-state index in [0.717, 1.165) is 55.8 Å². The molecule has 0 spiro atoms. The minimum absolute atomic E-state index is 0.00735. The number of phenolic OH excluding ortho intramolecular Hbond substituents is 1. The van der Waals surface area contributed by atoms with Crippen molar-refractivity contribution in [3.63, 3.8) is 0 Å². The first kappa shape index (κ1) is 22.6. The van der Waals surface area contributed by atoms with Crippen LogP contribution in [-0.2, 0) is 14.8 Å².